The minimum Gasteiger partial charge on any atom is -0.489 e. The largest absolute Gasteiger partial charge is 0.489 e. The number of hydrogen-bond acceptors (Lipinski definition) is 3. The molecule has 0 amide bonds. The van der Waals surface area contributed by atoms with Gasteiger partial charge in [0.15, 0.2) is 11.6 Å². The van der Waals surface area contributed by atoms with E-state index < -0.39 is 23.4 Å². The minimum atomic E-state index is -0.734. The van der Waals surface area contributed by atoms with E-state index in [2.05, 4.69) is 13.5 Å². The van der Waals surface area contributed by atoms with Gasteiger partial charge in [-0.05, 0) is 79.5 Å². The van der Waals surface area contributed by atoms with Crippen molar-refractivity contribution in [3.8, 4) is 5.75 Å². The van der Waals surface area contributed by atoms with Crippen molar-refractivity contribution >= 4 is 5.97 Å². The molecule has 2 saturated carbocycles. The molecule has 0 atom stereocenters. The van der Waals surface area contributed by atoms with E-state index in [-0.39, 0.29) is 30.1 Å². The van der Waals surface area contributed by atoms with Crippen LogP contribution in [0.2, 0.25) is 0 Å². The molecule has 0 N–H and O–H groups in total. The molecular weight excluding hydrogens is 453 g/mol. The van der Waals surface area contributed by atoms with Crippen LogP contribution in [0.15, 0.2) is 43.0 Å². The maximum Gasteiger partial charge on any atom is 0.341 e. The van der Waals surface area contributed by atoms with Gasteiger partial charge < -0.3 is 9.47 Å². The highest BCUT2D eigenvalue weighted by molar-refractivity contribution is 5.90. The summed E-state index contributed by atoms with van der Waals surface area (Å²) in [6, 6.07) is 7.51. The Balaban J connectivity index is 1.34. The lowest BCUT2D eigenvalue weighted by molar-refractivity contribution is 0.0189. The molecule has 0 aromatic heterocycles. The van der Waals surface area contributed by atoms with Gasteiger partial charge in [0.05, 0.1) is 5.56 Å². The van der Waals surface area contributed by atoms with Crippen molar-refractivity contribution in [3.05, 3.63) is 77.1 Å². The van der Waals surface area contributed by atoms with Crippen LogP contribution < -0.4 is 4.74 Å². The van der Waals surface area contributed by atoms with Crippen molar-refractivity contribution in [1.29, 1.82) is 0 Å². The van der Waals surface area contributed by atoms with Crippen LogP contribution in [0.5, 0.6) is 5.75 Å². The van der Waals surface area contributed by atoms with Crippen LogP contribution in [0, 0.1) is 23.4 Å². The van der Waals surface area contributed by atoms with Gasteiger partial charge in [-0.1, -0.05) is 44.6 Å². The molecule has 35 heavy (non-hydrogen) atoms. The van der Waals surface area contributed by atoms with E-state index in [0.29, 0.717) is 48.5 Å². The molecule has 0 saturated heterocycles. The van der Waals surface area contributed by atoms with Gasteiger partial charge >= 0.3 is 5.97 Å². The van der Waals surface area contributed by atoms with Gasteiger partial charge in [0.1, 0.15) is 24.3 Å². The standard InChI is InChI=1S/C29H33F3O3/c1-3-16-34-22-12-13-25(26(30)17-22)29(33)35-21-10-8-20(9-11-21)24-15-14-23(27(31)28(24)32)19-6-4-18(2)5-7-19/h3,12-15,17-21H,1,4-11,16H2,2H3. The summed E-state index contributed by atoms with van der Waals surface area (Å²) in [6.45, 7) is 5.98. The van der Waals surface area contributed by atoms with Gasteiger partial charge in [-0.2, -0.15) is 0 Å². The zero-order valence-electron chi connectivity index (χ0n) is 20.2. The summed E-state index contributed by atoms with van der Waals surface area (Å²) >= 11 is 0. The lowest BCUT2D eigenvalue weighted by Gasteiger charge is -2.30. The Bertz CT molecular complexity index is 1050. The van der Waals surface area contributed by atoms with Gasteiger partial charge in [-0.15, -0.1) is 0 Å². The van der Waals surface area contributed by atoms with Crippen molar-refractivity contribution < 1.29 is 27.4 Å². The summed E-state index contributed by atoms with van der Waals surface area (Å²) in [7, 11) is 0. The first kappa shape index (κ1) is 25.3. The Hall–Kier alpha value is -2.76. The van der Waals surface area contributed by atoms with E-state index in [1.807, 2.05) is 0 Å². The van der Waals surface area contributed by atoms with Crippen molar-refractivity contribution in [1.82, 2.24) is 0 Å². The SMILES string of the molecule is C=CCOc1ccc(C(=O)OC2CCC(c3ccc(C4CCC(C)CC4)c(F)c3F)CC2)c(F)c1. The third-order valence-electron chi connectivity index (χ3n) is 7.51. The Kier molecular flexibility index (Phi) is 8.19. The van der Waals surface area contributed by atoms with Gasteiger partial charge in [0.2, 0.25) is 0 Å². The van der Waals surface area contributed by atoms with Crippen LogP contribution in [-0.4, -0.2) is 18.7 Å². The molecular formula is C29H33F3O3. The molecule has 2 aliphatic carbocycles. The first-order valence-corrected chi connectivity index (χ1v) is 12.6. The second-order valence-corrected chi connectivity index (χ2v) is 9.95. The van der Waals surface area contributed by atoms with Crippen LogP contribution in [0.3, 0.4) is 0 Å². The van der Waals surface area contributed by atoms with E-state index >= 15 is 4.39 Å². The molecule has 2 aliphatic rings. The second kappa shape index (κ2) is 11.3. The summed E-state index contributed by atoms with van der Waals surface area (Å²) in [6.07, 6.45) is 7.24. The lowest BCUT2D eigenvalue weighted by Crippen LogP contribution is -2.25. The number of rotatable bonds is 7. The average Bonchev–Trinajstić information content (AvgIpc) is 2.85. The number of halogens is 3. The molecule has 2 aromatic rings. The first-order valence-electron chi connectivity index (χ1n) is 12.6. The van der Waals surface area contributed by atoms with Crippen LogP contribution in [0.1, 0.15) is 91.6 Å². The van der Waals surface area contributed by atoms with Gasteiger partial charge in [0, 0.05) is 6.07 Å². The number of carbonyl (C=O) groups excluding carboxylic acids is 1. The number of ether oxygens (including phenoxy) is 2. The molecule has 3 nitrogen and oxygen atoms in total. The zero-order valence-corrected chi connectivity index (χ0v) is 20.2. The summed E-state index contributed by atoms with van der Waals surface area (Å²) in [5.41, 5.74) is 0.754. The Morgan fingerprint density at radius 3 is 2.03 bits per heavy atom. The molecule has 0 bridgehead atoms. The molecule has 2 aromatic carbocycles. The number of carbonyl (C=O) groups is 1. The predicted octanol–water partition coefficient (Wildman–Crippen LogP) is 7.85. The third-order valence-corrected chi connectivity index (χ3v) is 7.51. The fourth-order valence-electron chi connectivity index (χ4n) is 5.39. The highest BCUT2D eigenvalue weighted by atomic mass is 19.2. The monoisotopic (exact) mass is 486 g/mol. The zero-order chi connectivity index (χ0) is 24.9. The Morgan fingerprint density at radius 2 is 1.49 bits per heavy atom. The van der Waals surface area contributed by atoms with Crippen LogP contribution in [0.25, 0.3) is 0 Å². The maximum atomic E-state index is 15.0. The highest BCUT2D eigenvalue weighted by Crippen LogP contribution is 2.40. The van der Waals surface area contributed by atoms with E-state index in [9.17, 15) is 13.6 Å². The first-order chi connectivity index (χ1) is 16.9. The smallest absolute Gasteiger partial charge is 0.341 e. The summed E-state index contributed by atoms with van der Waals surface area (Å²) in [5, 5.41) is 0. The predicted molar refractivity (Wildman–Crippen MR) is 129 cm³/mol. The van der Waals surface area contributed by atoms with E-state index in [1.165, 1.54) is 12.1 Å². The molecule has 4 rings (SSSR count). The quantitative estimate of drug-likeness (QED) is 0.295. The minimum absolute atomic E-state index is 0.0907. The molecule has 0 aliphatic heterocycles. The molecule has 6 heteroatoms. The van der Waals surface area contributed by atoms with E-state index in [0.717, 1.165) is 31.7 Å². The van der Waals surface area contributed by atoms with E-state index in [4.69, 9.17) is 9.47 Å². The summed E-state index contributed by atoms with van der Waals surface area (Å²) in [4.78, 5) is 12.5. The van der Waals surface area contributed by atoms with Gasteiger partial charge in [-0.3, -0.25) is 0 Å². The topological polar surface area (TPSA) is 35.5 Å². The maximum absolute atomic E-state index is 15.0. The molecule has 0 spiro atoms. The Morgan fingerprint density at radius 1 is 0.914 bits per heavy atom. The van der Waals surface area contributed by atoms with Crippen molar-refractivity contribution in [2.75, 3.05) is 6.61 Å². The fraction of sp³-hybridized carbons (Fsp3) is 0.483. The van der Waals surface area contributed by atoms with Crippen molar-refractivity contribution in [2.24, 2.45) is 5.92 Å². The number of benzene rings is 2. The third kappa shape index (κ3) is 5.91. The normalized spacial score (nSPS) is 24.6. The molecule has 0 radical (unpaired) electrons. The Labute approximate surface area is 205 Å². The van der Waals surface area contributed by atoms with Gasteiger partial charge in [-0.25, -0.2) is 18.0 Å². The second-order valence-electron chi connectivity index (χ2n) is 9.95. The van der Waals surface area contributed by atoms with Crippen molar-refractivity contribution in [2.45, 2.75) is 76.2 Å². The highest BCUT2D eigenvalue weighted by Gasteiger charge is 2.30. The molecule has 0 unspecified atom stereocenters. The van der Waals surface area contributed by atoms with Crippen LogP contribution in [0.4, 0.5) is 13.2 Å². The lowest BCUT2D eigenvalue weighted by atomic mass is 9.77. The fourth-order valence-corrected chi connectivity index (χ4v) is 5.39. The number of hydrogen-bond donors (Lipinski definition) is 0. The molecule has 188 valence electrons. The summed E-state index contributed by atoms with van der Waals surface area (Å²) in [5.74, 6) is -1.97. The van der Waals surface area contributed by atoms with Crippen molar-refractivity contribution in [3.63, 3.8) is 0 Å². The van der Waals surface area contributed by atoms with Crippen LogP contribution in [-0.2, 0) is 4.74 Å². The summed E-state index contributed by atoms with van der Waals surface area (Å²) < 4.78 is 55.2. The van der Waals surface area contributed by atoms with Crippen LogP contribution >= 0.6 is 0 Å². The molecule has 0 heterocycles. The molecule has 2 fully saturated rings. The van der Waals surface area contributed by atoms with Gasteiger partial charge in [0.25, 0.3) is 0 Å². The average molecular weight is 487 g/mol. The number of esters is 1. The van der Waals surface area contributed by atoms with E-state index in [1.54, 1.807) is 18.2 Å².